The second-order valence-electron chi connectivity index (χ2n) is 4.83. The van der Waals surface area contributed by atoms with Crippen LogP contribution in [0.2, 0.25) is 0 Å². The van der Waals surface area contributed by atoms with Crippen molar-refractivity contribution in [3.63, 3.8) is 0 Å². The SMILES string of the molecule is Nc1ccc(N=Nc2ccc([As](=O)(O)O)cc2)c2cccnc12. The number of aromatic nitrogens is 1. The summed E-state index contributed by atoms with van der Waals surface area (Å²) in [6, 6.07) is 12.8. The van der Waals surface area contributed by atoms with Gasteiger partial charge in [-0.3, -0.25) is 0 Å². The van der Waals surface area contributed by atoms with Gasteiger partial charge in [-0.25, -0.2) is 0 Å². The maximum atomic E-state index is 11.2. The van der Waals surface area contributed by atoms with E-state index in [2.05, 4.69) is 15.2 Å². The molecule has 0 atom stereocenters. The second kappa shape index (κ2) is 5.96. The summed E-state index contributed by atoms with van der Waals surface area (Å²) in [6.07, 6.45) is 1.65. The van der Waals surface area contributed by atoms with E-state index < -0.39 is 14.2 Å². The van der Waals surface area contributed by atoms with Gasteiger partial charge in [0, 0.05) is 0 Å². The fourth-order valence-corrected chi connectivity index (χ4v) is 3.22. The van der Waals surface area contributed by atoms with E-state index in [4.69, 9.17) is 13.9 Å². The van der Waals surface area contributed by atoms with Crippen molar-refractivity contribution in [2.24, 2.45) is 10.2 Å². The van der Waals surface area contributed by atoms with Crippen molar-refractivity contribution >= 4 is 46.5 Å². The minimum atomic E-state index is -4.87. The molecule has 4 N–H and O–H groups in total. The van der Waals surface area contributed by atoms with Crippen LogP contribution >= 0.6 is 0 Å². The van der Waals surface area contributed by atoms with E-state index >= 15 is 0 Å². The summed E-state index contributed by atoms with van der Waals surface area (Å²) >= 11 is -4.87. The van der Waals surface area contributed by atoms with E-state index in [1.165, 1.54) is 24.3 Å². The number of hydrogen-bond donors (Lipinski definition) is 3. The Hall–Kier alpha value is -2.47. The third-order valence-corrected chi connectivity index (χ3v) is 5.27. The Morgan fingerprint density at radius 2 is 1.74 bits per heavy atom. The molecule has 116 valence electrons. The van der Waals surface area contributed by atoms with E-state index in [-0.39, 0.29) is 4.35 Å². The summed E-state index contributed by atoms with van der Waals surface area (Å²) in [5.41, 5.74) is 8.21. The number of nitrogens with two attached hydrogens (primary N) is 1. The number of hydrogen-bond acceptors (Lipinski definition) is 5. The maximum absolute atomic E-state index is 11.2. The normalized spacial score (nSPS) is 12.1. The number of rotatable bonds is 3. The number of nitrogen functional groups attached to an aromatic ring is 1. The quantitative estimate of drug-likeness (QED) is 0.368. The molecule has 1 aromatic heterocycles. The summed E-state index contributed by atoms with van der Waals surface area (Å²) in [6.45, 7) is 0. The van der Waals surface area contributed by atoms with Crippen LogP contribution in [0, 0.1) is 0 Å². The van der Waals surface area contributed by atoms with Crippen LogP contribution in [-0.2, 0) is 3.74 Å². The van der Waals surface area contributed by atoms with Crippen molar-refractivity contribution in [1.82, 2.24) is 4.98 Å². The van der Waals surface area contributed by atoms with Crippen molar-refractivity contribution in [2.45, 2.75) is 0 Å². The summed E-state index contributed by atoms with van der Waals surface area (Å²) in [7, 11) is 0. The molecule has 0 saturated heterocycles. The molecule has 7 nitrogen and oxygen atoms in total. The summed E-state index contributed by atoms with van der Waals surface area (Å²) in [5, 5.41) is 9.05. The molecular formula is C15H13AsN4O3. The topological polar surface area (TPSA) is 121 Å². The zero-order valence-electron chi connectivity index (χ0n) is 11.9. The van der Waals surface area contributed by atoms with Gasteiger partial charge in [-0.05, 0) is 0 Å². The van der Waals surface area contributed by atoms with E-state index in [9.17, 15) is 3.74 Å². The Morgan fingerprint density at radius 3 is 2.43 bits per heavy atom. The summed E-state index contributed by atoms with van der Waals surface area (Å²) < 4.78 is 29.5. The molecule has 0 bridgehead atoms. The average molecular weight is 372 g/mol. The number of fused-ring (bicyclic) bond motifs is 1. The predicted molar refractivity (Wildman–Crippen MR) is 87.3 cm³/mol. The molecule has 0 fully saturated rings. The zero-order chi connectivity index (χ0) is 16.4. The molecule has 3 aromatic rings. The summed E-state index contributed by atoms with van der Waals surface area (Å²) in [4.78, 5) is 4.22. The van der Waals surface area contributed by atoms with Gasteiger partial charge in [0.2, 0.25) is 0 Å². The van der Waals surface area contributed by atoms with Gasteiger partial charge in [0.15, 0.2) is 0 Å². The zero-order valence-corrected chi connectivity index (χ0v) is 13.7. The Morgan fingerprint density at radius 1 is 1.00 bits per heavy atom. The molecular weight excluding hydrogens is 359 g/mol. The number of pyridine rings is 1. The second-order valence-corrected chi connectivity index (χ2v) is 8.20. The van der Waals surface area contributed by atoms with E-state index in [0.717, 1.165) is 5.39 Å². The molecule has 0 spiro atoms. The average Bonchev–Trinajstić information content (AvgIpc) is 2.54. The van der Waals surface area contributed by atoms with E-state index in [1.54, 1.807) is 24.4 Å². The molecule has 0 unspecified atom stereocenters. The van der Waals surface area contributed by atoms with Gasteiger partial charge in [0.05, 0.1) is 0 Å². The van der Waals surface area contributed by atoms with Gasteiger partial charge >= 0.3 is 134 Å². The van der Waals surface area contributed by atoms with Crippen molar-refractivity contribution in [2.75, 3.05) is 5.73 Å². The molecule has 1 heterocycles. The minimum absolute atomic E-state index is 0.00390. The van der Waals surface area contributed by atoms with Crippen molar-refractivity contribution in [3.8, 4) is 0 Å². The first-order valence-electron chi connectivity index (χ1n) is 6.66. The van der Waals surface area contributed by atoms with Gasteiger partial charge in [0.25, 0.3) is 0 Å². The van der Waals surface area contributed by atoms with Crippen molar-refractivity contribution in [3.05, 3.63) is 54.7 Å². The number of benzene rings is 2. The van der Waals surface area contributed by atoms with Crippen LogP contribution in [0.5, 0.6) is 0 Å². The van der Waals surface area contributed by atoms with Crippen LogP contribution in [0.15, 0.2) is 65.0 Å². The molecule has 8 heteroatoms. The first-order chi connectivity index (χ1) is 10.9. The van der Waals surface area contributed by atoms with Gasteiger partial charge in [0.1, 0.15) is 0 Å². The third kappa shape index (κ3) is 3.32. The Labute approximate surface area is 134 Å². The molecule has 0 amide bonds. The molecule has 3 rings (SSSR count). The number of azo groups is 1. The Balaban J connectivity index is 1.95. The number of anilines is 1. The first kappa shape index (κ1) is 15.4. The fourth-order valence-electron chi connectivity index (χ4n) is 2.09. The van der Waals surface area contributed by atoms with Crippen molar-refractivity contribution < 1.29 is 11.9 Å². The molecule has 2 aromatic carbocycles. The molecule has 23 heavy (non-hydrogen) atoms. The van der Waals surface area contributed by atoms with Crippen LogP contribution in [0.25, 0.3) is 10.9 Å². The van der Waals surface area contributed by atoms with Crippen molar-refractivity contribution in [1.29, 1.82) is 0 Å². The van der Waals surface area contributed by atoms with Gasteiger partial charge in [-0.1, -0.05) is 0 Å². The predicted octanol–water partition coefficient (Wildman–Crippen LogP) is 1.79. The standard InChI is InChI=1S/C15H13AsN4O3/c17-13-7-8-14(12-2-1-9-18-15(12)13)20-19-11-5-3-10(4-6-11)16(21,22)23/h1-9H,17H2,(H2,21,22,23). The number of nitrogens with zero attached hydrogens (tertiary/aromatic N) is 3. The Kier molecular flexibility index (Phi) is 4.00. The molecule has 0 saturated carbocycles. The Bertz CT molecular complexity index is 935. The van der Waals surface area contributed by atoms with E-state index in [1.807, 2.05) is 6.07 Å². The van der Waals surface area contributed by atoms with Gasteiger partial charge < -0.3 is 0 Å². The summed E-state index contributed by atoms with van der Waals surface area (Å²) in [5.74, 6) is 0. The third-order valence-electron chi connectivity index (χ3n) is 3.24. The molecule has 0 aliphatic rings. The van der Waals surface area contributed by atoms with Crippen LogP contribution in [-0.4, -0.2) is 27.3 Å². The first-order valence-corrected chi connectivity index (χ1v) is 10.0. The van der Waals surface area contributed by atoms with E-state index in [0.29, 0.717) is 22.6 Å². The van der Waals surface area contributed by atoms with Crippen LogP contribution in [0.3, 0.4) is 0 Å². The van der Waals surface area contributed by atoms with Crippen LogP contribution in [0.4, 0.5) is 17.1 Å². The monoisotopic (exact) mass is 372 g/mol. The fraction of sp³-hybridized carbons (Fsp3) is 0. The van der Waals surface area contributed by atoms with Crippen LogP contribution < -0.4 is 10.1 Å². The molecule has 0 radical (unpaired) electrons. The molecule has 0 aliphatic carbocycles. The molecule has 0 aliphatic heterocycles. The van der Waals surface area contributed by atoms with Gasteiger partial charge in [-0.15, -0.1) is 0 Å². The van der Waals surface area contributed by atoms with Gasteiger partial charge in [-0.2, -0.15) is 0 Å². The van der Waals surface area contributed by atoms with Crippen LogP contribution in [0.1, 0.15) is 0 Å².